The molecule has 1 atom stereocenters. The van der Waals surface area contributed by atoms with E-state index in [-0.39, 0.29) is 11.9 Å². The van der Waals surface area contributed by atoms with Gasteiger partial charge in [0.15, 0.2) is 0 Å². The molecule has 0 bridgehead atoms. The first-order chi connectivity index (χ1) is 12.7. The summed E-state index contributed by atoms with van der Waals surface area (Å²) in [4.78, 5) is 23.2. The lowest BCUT2D eigenvalue weighted by molar-refractivity contribution is 0.0667. The number of rotatable bonds is 7. The first kappa shape index (κ1) is 17.8. The fourth-order valence-corrected chi connectivity index (χ4v) is 2.95. The lowest BCUT2D eigenvalue weighted by Gasteiger charge is -2.29. The zero-order valence-electron chi connectivity index (χ0n) is 15.0. The summed E-state index contributed by atoms with van der Waals surface area (Å²) in [7, 11) is 0. The van der Waals surface area contributed by atoms with Gasteiger partial charge in [0.2, 0.25) is 0 Å². The van der Waals surface area contributed by atoms with Crippen molar-refractivity contribution in [3.8, 4) is 0 Å². The summed E-state index contributed by atoms with van der Waals surface area (Å²) >= 11 is 0. The van der Waals surface area contributed by atoms with Crippen molar-refractivity contribution in [1.29, 1.82) is 0 Å². The van der Waals surface area contributed by atoms with E-state index in [2.05, 4.69) is 41.2 Å². The summed E-state index contributed by atoms with van der Waals surface area (Å²) in [5.41, 5.74) is 2.98. The van der Waals surface area contributed by atoms with Crippen LogP contribution < -0.4 is 0 Å². The van der Waals surface area contributed by atoms with Crippen molar-refractivity contribution in [3.63, 3.8) is 0 Å². The molecule has 2 heterocycles. The Morgan fingerprint density at radius 3 is 2.35 bits per heavy atom. The quantitative estimate of drug-likeness (QED) is 0.646. The van der Waals surface area contributed by atoms with Crippen LogP contribution in [-0.2, 0) is 13.0 Å². The number of hydrogen-bond acceptors (Lipinski definition) is 3. The van der Waals surface area contributed by atoms with Crippen LogP contribution in [0.1, 0.15) is 34.8 Å². The Hall–Kier alpha value is -3.01. The number of aryl methyl sites for hydroxylation is 1. The van der Waals surface area contributed by atoms with Crippen molar-refractivity contribution in [2.24, 2.45) is 0 Å². The largest absolute Gasteiger partial charge is 0.332 e. The van der Waals surface area contributed by atoms with E-state index in [9.17, 15) is 4.79 Å². The van der Waals surface area contributed by atoms with Gasteiger partial charge in [-0.05, 0) is 49.1 Å². The van der Waals surface area contributed by atoms with Gasteiger partial charge in [0, 0.05) is 42.9 Å². The standard InChI is InChI=1S/C22H23N3O/c1-18(9-10-19-6-3-2-4-7-19)25(17-20-8-5-13-24-16-20)22(26)21-11-14-23-15-12-21/h2-8,11-16,18H,9-10,17H2,1H3. The molecule has 26 heavy (non-hydrogen) atoms. The van der Waals surface area contributed by atoms with Gasteiger partial charge in [0.05, 0.1) is 0 Å². The molecule has 0 radical (unpaired) electrons. The van der Waals surface area contributed by atoms with Gasteiger partial charge in [-0.3, -0.25) is 14.8 Å². The molecule has 0 aliphatic heterocycles. The lowest BCUT2D eigenvalue weighted by Crippen LogP contribution is -2.38. The Balaban J connectivity index is 1.76. The normalized spacial score (nSPS) is 11.7. The van der Waals surface area contributed by atoms with E-state index in [1.807, 2.05) is 29.3 Å². The SMILES string of the molecule is CC(CCc1ccccc1)N(Cc1cccnc1)C(=O)c1ccncc1. The summed E-state index contributed by atoms with van der Waals surface area (Å²) in [5.74, 6) is 0.0248. The molecule has 1 aromatic carbocycles. The minimum Gasteiger partial charge on any atom is -0.332 e. The second-order valence-corrected chi connectivity index (χ2v) is 6.40. The summed E-state index contributed by atoms with van der Waals surface area (Å²) in [6, 6.07) is 17.9. The fraction of sp³-hybridized carbons (Fsp3) is 0.227. The number of pyridine rings is 2. The summed E-state index contributed by atoms with van der Waals surface area (Å²) in [6.07, 6.45) is 8.72. The fourth-order valence-electron chi connectivity index (χ4n) is 2.95. The van der Waals surface area contributed by atoms with E-state index < -0.39 is 0 Å². The van der Waals surface area contributed by atoms with Crippen LogP contribution in [0.2, 0.25) is 0 Å². The van der Waals surface area contributed by atoms with Crippen molar-refractivity contribution in [1.82, 2.24) is 14.9 Å². The molecule has 2 aromatic heterocycles. The van der Waals surface area contributed by atoms with E-state index in [1.54, 1.807) is 30.7 Å². The molecule has 0 N–H and O–H groups in total. The van der Waals surface area contributed by atoms with Crippen LogP contribution in [0.4, 0.5) is 0 Å². The smallest absolute Gasteiger partial charge is 0.254 e. The molecular formula is C22H23N3O. The maximum absolute atomic E-state index is 13.1. The second kappa shape index (κ2) is 8.90. The molecule has 4 nitrogen and oxygen atoms in total. The minimum absolute atomic E-state index is 0.0248. The third-order valence-corrected chi connectivity index (χ3v) is 4.49. The van der Waals surface area contributed by atoms with E-state index in [1.165, 1.54) is 5.56 Å². The Labute approximate surface area is 154 Å². The molecule has 0 saturated carbocycles. The topological polar surface area (TPSA) is 46.1 Å². The average molecular weight is 345 g/mol. The Morgan fingerprint density at radius 1 is 0.923 bits per heavy atom. The predicted octanol–water partition coefficient (Wildman–Crippen LogP) is 4.14. The van der Waals surface area contributed by atoms with Gasteiger partial charge in [0.1, 0.15) is 0 Å². The number of hydrogen-bond donors (Lipinski definition) is 0. The van der Waals surface area contributed by atoms with Crippen LogP contribution in [0.3, 0.4) is 0 Å². The Bertz CT molecular complexity index is 807. The monoisotopic (exact) mass is 345 g/mol. The zero-order chi connectivity index (χ0) is 18.2. The van der Waals surface area contributed by atoms with Gasteiger partial charge >= 0.3 is 0 Å². The summed E-state index contributed by atoms with van der Waals surface area (Å²) in [5, 5.41) is 0. The van der Waals surface area contributed by atoms with Crippen LogP contribution in [0, 0.1) is 0 Å². The number of amides is 1. The third kappa shape index (κ3) is 4.76. The maximum Gasteiger partial charge on any atom is 0.254 e. The van der Waals surface area contributed by atoms with Crippen LogP contribution >= 0.6 is 0 Å². The summed E-state index contributed by atoms with van der Waals surface area (Å²) in [6.45, 7) is 2.66. The van der Waals surface area contributed by atoms with Crippen molar-refractivity contribution in [3.05, 3.63) is 96.1 Å². The third-order valence-electron chi connectivity index (χ3n) is 4.49. The van der Waals surface area contributed by atoms with E-state index in [4.69, 9.17) is 0 Å². The summed E-state index contributed by atoms with van der Waals surface area (Å²) < 4.78 is 0. The number of benzene rings is 1. The molecule has 3 aromatic rings. The molecule has 0 saturated heterocycles. The highest BCUT2D eigenvalue weighted by atomic mass is 16.2. The second-order valence-electron chi connectivity index (χ2n) is 6.40. The number of aromatic nitrogens is 2. The van der Waals surface area contributed by atoms with Gasteiger partial charge in [-0.2, -0.15) is 0 Å². The maximum atomic E-state index is 13.1. The van der Waals surface area contributed by atoms with Crippen molar-refractivity contribution >= 4 is 5.91 Å². The van der Waals surface area contributed by atoms with Gasteiger partial charge < -0.3 is 4.90 Å². The highest BCUT2D eigenvalue weighted by Crippen LogP contribution is 2.16. The van der Waals surface area contributed by atoms with Crippen molar-refractivity contribution < 1.29 is 4.79 Å². The molecular weight excluding hydrogens is 322 g/mol. The molecule has 0 fully saturated rings. The van der Waals surface area contributed by atoms with Crippen LogP contribution in [0.5, 0.6) is 0 Å². The van der Waals surface area contributed by atoms with Crippen LogP contribution in [0.15, 0.2) is 79.4 Å². The number of carbonyl (C=O) groups excluding carboxylic acids is 1. The molecule has 0 aliphatic rings. The molecule has 1 amide bonds. The van der Waals surface area contributed by atoms with Crippen molar-refractivity contribution in [2.75, 3.05) is 0 Å². The molecule has 0 aliphatic carbocycles. The van der Waals surface area contributed by atoms with E-state index in [0.717, 1.165) is 18.4 Å². The minimum atomic E-state index is 0.0248. The van der Waals surface area contributed by atoms with E-state index >= 15 is 0 Å². The van der Waals surface area contributed by atoms with Gasteiger partial charge in [-0.1, -0.05) is 36.4 Å². The molecule has 132 valence electrons. The first-order valence-corrected chi connectivity index (χ1v) is 8.88. The van der Waals surface area contributed by atoms with Gasteiger partial charge in [0.25, 0.3) is 5.91 Å². The highest BCUT2D eigenvalue weighted by Gasteiger charge is 2.21. The van der Waals surface area contributed by atoms with Crippen LogP contribution in [0.25, 0.3) is 0 Å². The molecule has 1 unspecified atom stereocenters. The van der Waals surface area contributed by atoms with E-state index in [0.29, 0.717) is 12.1 Å². The predicted molar refractivity (Wildman–Crippen MR) is 103 cm³/mol. The van der Waals surface area contributed by atoms with Gasteiger partial charge in [-0.15, -0.1) is 0 Å². The molecule has 3 rings (SSSR count). The van der Waals surface area contributed by atoms with Gasteiger partial charge in [-0.25, -0.2) is 0 Å². The van der Waals surface area contributed by atoms with Crippen molar-refractivity contribution in [2.45, 2.75) is 32.4 Å². The first-order valence-electron chi connectivity index (χ1n) is 8.88. The lowest BCUT2D eigenvalue weighted by atomic mass is 10.0. The number of carbonyl (C=O) groups is 1. The zero-order valence-corrected chi connectivity index (χ0v) is 15.0. The van der Waals surface area contributed by atoms with Crippen LogP contribution in [-0.4, -0.2) is 26.8 Å². The average Bonchev–Trinajstić information content (AvgIpc) is 2.72. The molecule has 4 heteroatoms. The highest BCUT2D eigenvalue weighted by molar-refractivity contribution is 5.94. The molecule has 0 spiro atoms. The Morgan fingerprint density at radius 2 is 1.65 bits per heavy atom. The number of nitrogens with zero attached hydrogens (tertiary/aromatic N) is 3. The Kier molecular flexibility index (Phi) is 6.09.